The van der Waals surface area contributed by atoms with Crippen molar-refractivity contribution in [2.45, 2.75) is 25.8 Å². The van der Waals surface area contributed by atoms with Crippen molar-refractivity contribution in [3.8, 4) is 0 Å². The molecule has 3 heteroatoms. The van der Waals surface area contributed by atoms with E-state index in [2.05, 4.69) is 0 Å². The Morgan fingerprint density at radius 2 is 2.40 bits per heavy atom. The van der Waals surface area contributed by atoms with E-state index in [1.165, 1.54) is 0 Å². The van der Waals surface area contributed by atoms with Crippen molar-refractivity contribution in [3.05, 3.63) is 0 Å². The van der Waals surface area contributed by atoms with Gasteiger partial charge in [-0.15, -0.1) is 0 Å². The van der Waals surface area contributed by atoms with Crippen LogP contribution in [-0.2, 0) is 9.53 Å². The molecule has 0 aromatic carbocycles. The molecule has 0 radical (unpaired) electrons. The summed E-state index contributed by atoms with van der Waals surface area (Å²) >= 11 is 0. The molecular formula is C7H13NO2. The van der Waals surface area contributed by atoms with Crippen molar-refractivity contribution in [2.75, 3.05) is 6.61 Å². The maximum absolute atomic E-state index is 11.0. The lowest BCUT2D eigenvalue weighted by molar-refractivity contribution is -0.146. The molecule has 0 aromatic rings. The minimum Gasteiger partial charge on any atom is -0.465 e. The normalized spacial score (nSPS) is 37.3. The summed E-state index contributed by atoms with van der Waals surface area (Å²) in [6, 6.07) is 0. The highest BCUT2D eigenvalue weighted by Crippen LogP contribution is 2.41. The van der Waals surface area contributed by atoms with Gasteiger partial charge in [-0.25, -0.2) is 0 Å². The van der Waals surface area contributed by atoms with E-state index < -0.39 is 5.54 Å². The van der Waals surface area contributed by atoms with E-state index >= 15 is 0 Å². The van der Waals surface area contributed by atoms with Gasteiger partial charge in [-0.1, -0.05) is 6.92 Å². The number of carbonyl (C=O) groups is 1. The van der Waals surface area contributed by atoms with E-state index in [-0.39, 0.29) is 5.97 Å². The van der Waals surface area contributed by atoms with Crippen LogP contribution in [0, 0.1) is 5.92 Å². The van der Waals surface area contributed by atoms with Gasteiger partial charge in [-0.2, -0.15) is 0 Å². The number of rotatable bonds is 2. The molecule has 10 heavy (non-hydrogen) atoms. The van der Waals surface area contributed by atoms with Gasteiger partial charge in [0.25, 0.3) is 0 Å². The van der Waals surface area contributed by atoms with Crippen LogP contribution in [0.1, 0.15) is 20.3 Å². The predicted molar refractivity (Wildman–Crippen MR) is 37.3 cm³/mol. The molecule has 1 saturated carbocycles. The van der Waals surface area contributed by atoms with E-state index in [0.717, 1.165) is 6.42 Å². The van der Waals surface area contributed by atoms with Crippen LogP contribution in [0.15, 0.2) is 0 Å². The van der Waals surface area contributed by atoms with Gasteiger partial charge in [-0.3, -0.25) is 4.79 Å². The maximum Gasteiger partial charge on any atom is 0.326 e. The summed E-state index contributed by atoms with van der Waals surface area (Å²) in [7, 11) is 0. The van der Waals surface area contributed by atoms with Gasteiger partial charge in [0.1, 0.15) is 5.54 Å². The molecular weight excluding hydrogens is 130 g/mol. The highest BCUT2D eigenvalue weighted by Gasteiger charge is 2.55. The van der Waals surface area contributed by atoms with E-state index in [9.17, 15) is 4.79 Å². The van der Waals surface area contributed by atoms with Crippen molar-refractivity contribution in [1.29, 1.82) is 0 Å². The summed E-state index contributed by atoms with van der Waals surface area (Å²) in [6.45, 7) is 4.16. The highest BCUT2D eigenvalue weighted by atomic mass is 16.5. The highest BCUT2D eigenvalue weighted by molar-refractivity contribution is 5.84. The molecule has 1 fully saturated rings. The topological polar surface area (TPSA) is 52.3 Å². The molecule has 0 amide bonds. The van der Waals surface area contributed by atoms with Crippen molar-refractivity contribution in [1.82, 2.24) is 0 Å². The number of ether oxygens (including phenoxy) is 1. The second-order valence-corrected chi connectivity index (χ2v) is 2.87. The Balaban J connectivity index is 2.43. The fraction of sp³-hybridized carbons (Fsp3) is 0.857. The van der Waals surface area contributed by atoms with Crippen LogP contribution in [0.4, 0.5) is 0 Å². The molecule has 58 valence electrons. The number of hydrogen-bond acceptors (Lipinski definition) is 3. The standard InChI is InChI=1S/C7H13NO2/c1-3-10-6(9)7(8)4-5(7)2/h5H,3-4,8H2,1-2H3/t5-,7+/m1/s1. The first-order chi connectivity index (χ1) is 4.61. The van der Waals surface area contributed by atoms with Crippen molar-refractivity contribution >= 4 is 5.97 Å². The fourth-order valence-electron chi connectivity index (χ4n) is 0.998. The summed E-state index contributed by atoms with van der Waals surface area (Å²) in [4.78, 5) is 11.0. The van der Waals surface area contributed by atoms with E-state index in [1.807, 2.05) is 6.92 Å². The molecule has 0 aliphatic heterocycles. The monoisotopic (exact) mass is 143 g/mol. The van der Waals surface area contributed by atoms with Crippen molar-refractivity contribution in [2.24, 2.45) is 11.7 Å². The van der Waals surface area contributed by atoms with Gasteiger partial charge in [0.15, 0.2) is 0 Å². The van der Waals surface area contributed by atoms with Gasteiger partial charge in [0, 0.05) is 0 Å². The molecule has 1 aliphatic rings. The Morgan fingerprint density at radius 3 is 2.70 bits per heavy atom. The molecule has 0 heterocycles. The van der Waals surface area contributed by atoms with Crippen molar-refractivity contribution < 1.29 is 9.53 Å². The summed E-state index contributed by atoms with van der Waals surface area (Å²) in [5.41, 5.74) is 5.00. The Kier molecular flexibility index (Phi) is 1.68. The van der Waals surface area contributed by atoms with Crippen LogP contribution in [-0.4, -0.2) is 18.1 Å². The van der Waals surface area contributed by atoms with E-state index in [1.54, 1.807) is 6.92 Å². The largest absolute Gasteiger partial charge is 0.465 e. The lowest BCUT2D eigenvalue weighted by Gasteiger charge is -2.07. The Hall–Kier alpha value is -0.570. The third kappa shape index (κ3) is 1.01. The van der Waals surface area contributed by atoms with Crippen LogP contribution in [0.3, 0.4) is 0 Å². The van der Waals surface area contributed by atoms with Crippen LogP contribution in [0.25, 0.3) is 0 Å². The van der Waals surface area contributed by atoms with Gasteiger partial charge in [-0.05, 0) is 19.3 Å². The molecule has 1 aliphatic carbocycles. The first-order valence-electron chi connectivity index (χ1n) is 3.57. The number of nitrogens with two attached hydrogens (primary N) is 1. The predicted octanol–water partition coefficient (Wildman–Crippen LogP) is 0.287. The average Bonchev–Trinajstić information content (AvgIpc) is 2.43. The minimum absolute atomic E-state index is 0.248. The molecule has 1 rings (SSSR count). The molecule has 2 atom stereocenters. The first kappa shape index (κ1) is 7.54. The molecule has 0 aromatic heterocycles. The van der Waals surface area contributed by atoms with Crippen LogP contribution in [0.2, 0.25) is 0 Å². The van der Waals surface area contributed by atoms with Crippen LogP contribution >= 0.6 is 0 Å². The molecule has 0 spiro atoms. The third-order valence-electron chi connectivity index (χ3n) is 2.02. The SMILES string of the molecule is CCOC(=O)[C@]1(N)C[C@H]1C. The third-order valence-corrected chi connectivity index (χ3v) is 2.02. The molecule has 3 nitrogen and oxygen atoms in total. The molecule has 0 saturated heterocycles. The summed E-state index contributed by atoms with van der Waals surface area (Å²) in [6.07, 6.45) is 0.770. The summed E-state index contributed by atoms with van der Waals surface area (Å²) in [5.74, 6) is 0.0500. The fourth-order valence-corrected chi connectivity index (χ4v) is 0.998. The summed E-state index contributed by atoms with van der Waals surface area (Å²) in [5, 5.41) is 0. The molecule has 2 N–H and O–H groups in total. The van der Waals surface area contributed by atoms with E-state index in [0.29, 0.717) is 12.5 Å². The van der Waals surface area contributed by atoms with Crippen molar-refractivity contribution in [3.63, 3.8) is 0 Å². The van der Waals surface area contributed by atoms with E-state index in [4.69, 9.17) is 10.5 Å². The molecule has 0 unspecified atom stereocenters. The zero-order valence-electron chi connectivity index (χ0n) is 6.39. The number of esters is 1. The second-order valence-electron chi connectivity index (χ2n) is 2.87. The van der Waals surface area contributed by atoms with Crippen LogP contribution in [0.5, 0.6) is 0 Å². The first-order valence-corrected chi connectivity index (χ1v) is 3.57. The molecule has 0 bridgehead atoms. The zero-order valence-corrected chi connectivity index (χ0v) is 6.39. The maximum atomic E-state index is 11.0. The number of carbonyl (C=O) groups excluding carboxylic acids is 1. The lowest BCUT2D eigenvalue weighted by atomic mass is 10.2. The summed E-state index contributed by atoms with van der Waals surface area (Å²) < 4.78 is 4.78. The Morgan fingerprint density at radius 1 is 1.90 bits per heavy atom. The van der Waals surface area contributed by atoms with Gasteiger partial charge < -0.3 is 10.5 Å². The lowest BCUT2D eigenvalue weighted by Crippen LogP contribution is -2.36. The van der Waals surface area contributed by atoms with Gasteiger partial charge in [0.05, 0.1) is 6.61 Å². The average molecular weight is 143 g/mol. The quantitative estimate of drug-likeness (QED) is 0.565. The Labute approximate surface area is 60.5 Å². The van der Waals surface area contributed by atoms with Gasteiger partial charge >= 0.3 is 5.97 Å². The van der Waals surface area contributed by atoms with Crippen LogP contribution < -0.4 is 5.73 Å². The Bertz CT molecular complexity index is 158. The zero-order chi connectivity index (χ0) is 7.78. The number of hydrogen-bond donors (Lipinski definition) is 1. The minimum atomic E-state index is -0.643. The second kappa shape index (κ2) is 2.23. The van der Waals surface area contributed by atoms with Gasteiger partial charge in [0.2, 0.25) is 0 Å². The smallest absolute Gasteiger partial charge is 0.326 e.